The molecule has 0 N–H and O–H groups in total. The van der Waals surface area contributed by atoms with E-state index in [1.165, 1.54) is 0 Å². The zero-order chi connectivity index (χ0) is 17.8. The maximum Gasteiger partial charge on any atom is 0.228 e. The lowest BCUT2D eigenvalue weighted by atomic mass is 10.2. The maximum absolute atomic E-state index is 12.7. The topological polar surface area (TPSA) is 45.7 Å². The van der Waals surface area contributed by atoms with Crippen molar-refractivity contribution in [1.29, 1.82) is 0 Å². The van der Waals surface area contributed by atoms with Crippen molar-refractivity contribution in [2.75, 3.05) is 44.3 Å². The third-order valence-corrected chi connectivity index (χ3v) is 5.62. The van der Waals surface area contributed by atoms with Crippen LogP contribution in [0.4, 0.5) is 5.13 Å². The van der Waals surface area contributed by atoms with Gasteiger partial charge in [-0.2, -0.15) is 0 Å². The smallest absolute Gasteiger partial charge is 0.228 e. The summed E-state index contributed by atoms with van der Waals surface area (Å²) >= 11 is 7.71. The highest BCUT2D eigenvalue weighted by molar-refractivity contribution is 7.22. The first-order valence-electron chi connectivity index (χ1n) is 8.75. The molecule has 2 aromatic rings. The predicted molar refractivity (Wildman–Crippen MR) is 111 cm³/mol. The number of rotatable bonds is 6. The molecular formula is C18H25Cl2N3O2S. The van der Waals surface area contributed by atoms with Gasteiger partial charge in [-0.1, -0.05) is 29.9 Å². The highest BCUT2D eigenvalue weighted by Gasteiger charge is 2.21. The van der Waals surface area contributed by atoms with E-state index in [4.69, 9.17) is 21.3 Å². The van der Waals surface area contributed by atoms with Gasteiger partial charge in [0.25, 0.3) is 0 Å². The third-order valence-electron chi connectivity index (χ3n) is 4.38. The van der Waals surface area contributed by atoms with Crippen molar-refractivity contribution >= 4 is 56.6 Å². The second-order valence-corrected chi connectivity index (χ2v) is 7.76. The van der Waals surface area contributed by atoms with Gasteiger partial charge in [-0.3, -0.25) is 14.6 Å². The Morgan fingerprint density at radius 3 is 2.81 bits per heavy atom. The molecule has 0 spiro atoms. The minimum Gasteiger partial charge on any atom is -0.379 e. The lowest BCUT2D eigenvalue weighted by molar-refractivity contribution is -0.118. The van der Waals surface area contributed by atoms with Gasteiger partial charge in [0, 0.05) is 37.6 Å². The molecule has 26 heavy (non-hydrogen) atoms. The Balaban J connectivity index is 0.00000243. The van der Waals surface area contributed by atoms with Crippen molar-refractivity contribution in [2.45, 2.75) is 26.7 Å². The molecule has 5 nitrogen and oxygen atoms in total. The summed E-state index contributed by atoms with van der Waals surface area (Å²) in [6.07, 6.45) is 1.38. The summed E-state index contributed by atoms with van der Waals surface area (Å²) in [5.41, 5.74) is 1.98. The van der Waals surface area contributed by atoms with E-state index in [9.17, 15) is 4.79 Å². The van der Waals surface area contributed by atoms with E-state index in [0.29, 0.717) is 18.0 Å². The number of hydrogen-bond donors (Lipinski definition) is 0. The number of ether oxygens (including phenoxy) is 1. The first-order valence-corrected chi connectivity index (χ1v) is 9.95. The summed E-state index contributed by atoms with van der Waals surface area (Å²) in [5, 5.41) is 1.48. The van der Waals surface area contributed by atoms with E-state index in [-0.39, 0.29) is 18.3 Å². The molecule has 1 aromatic carbocycles. The zero-order valence-electron chi connectivity index (χ0n) is 15.2. The SMILES string of the molecule is CCCC(=O)N(CCN1CCOCC1)c1nc2c(C)cc(Cl)cc2s1.Cl. The summed E-state index contributed by atoms with van der Waals surface area (Å²) in [5.74, 6) is 0.138. The lowest BCUT2D eigenvalue weighted by Crippen LogP contribution is -2.43. The van der Waals surface area contributed by atoms with Crippen LogP contribution in [0.5, 0.6) is 0 Å². The van der Waals surface area contributed by atoms with Gasteiger partial charge in [0.15, 0.2) is 5.13 Å². The average molecular weight is 418 g/mol. The Morgan fingerprint density at radius 2 is 2.12 bits per heavy atom. The Bertz CT molecular complexity index is 747. The molecule has 1 aromatic heterocycles. The van der Waals surface area contributed by atoms with Crippen LogP contribution in [0.25, 0.3) is 10.2 Å². The second kappa shape index (κ2) is 9.85. The number of anilines is 1. The number of nitrogens with zero attached hydrogens (tertiary/aromatic N) is 3. The van der Waals surface area contributed by atoms with Gasteiger partial charge in [0.05, 0.1) is 23.4 Å². The molecule has 0 atom stereocenters. The molecular weight excluding hydrogens is 393 g/mol. The van der Waals surface area contributed by atoms with Crippen molar-refractivity contribution in [1.82, 2.24) is 9.88 Å². The fourth-order valence-electron chi connectivity index (χ4n) is 3.00. The maximum atomic E-state index is 12.7. The van der Waals surface area contributed by atoms with Crippen LogP contribution in [0.15, 0.2) is 12.1 Å². The number of morpholine rings is 1. The van der Waals surface area contributed by atoms with Crippen LogP contribution in [0.1, 0.15) is 25.3 Å². The van der Waals surface area contributed by atoms with E-state index in [0.717, 1.165) is 60.2 Å². The fraction of sp³-hybridized carbons (Fsp3) is 0.556. The normalized spacial score (nSPS) is 15.0. The molecule has 3 rings (SSSR count). The molecule has 1 amide bonds. The molecule has 0 bridgehead atoms. The van der Waals surface area contributed by atoms with E-state index in [1.807, 2.05) is 30.9 Å². The Labute approximate surface area is 169 Å². The average Bonchev–Trinajstić information content (AvgIpc) is 3.00. The fourth-order valence-corrected chi connectivity index (χ4v) is 4.46. The molecule has 1 saturated heterocycles. The number of fused-ring (bicyclic) bond motifs is 1. The van der Waals surface area contributed by atoms with Crippen molar-refractivity contribution < 1.29 is 9.53 Å². The number of thiazole rings is 1. The van der Waals surface area contributed by atoms with Gasteiger partial charge in [-0.25, -0.2) is 4.98 Å². The Kier molecular flexibility index (Phi) is 8.10. The van der Waals surface area contributed by atoms with E-state index in [1.54, 1.807) is 11.3 Å². The first-order chi connectivity index (χ1) is 12.1. The lowest BCUT2D eigenvalue weighted by Gasteiger charge is -2.29. The van der Waals surface area contributed by atoms with Gasteiger partial charge in [-0.05, 0) is 31.0 Å². The molecule has 0 aliphatic carbocycles. The van der Waals surface area contributed by atoms with E-state index < -0.39 is 0 Å². The van der Waals surface area contributed by atoms with Gasteiger partial charge >= 0.3 is 0 Å². The number of benzene rings is 1. The standard InChI is InChI=1S/C18H24ClN3O2S.ClH/c1-3-4-16(23)22(6-5-21-7-9-24-10-8-21)18-20-17-13(2)11-14(19)12-15(17)25-18;/h11-12H,3-10H2,1-2H3;1H. The molecule has 8 heteroatoms. The van der Waals surface area contributed by atoms with Crippen LogP contribution in [0.3, 0.4) is 0 Å². The number of carbonyl (C=O) groups excluding carboxylic acids is 1. The largest absolute Gasteiger partial charge is 0.379 e. The van der Waals surface area contributed by atoms with Crippen molar-refractivity contribution in [3.63, 3.8) is 0 Å². The minimum atomic E-state index is 0. The van der Waals surface area contributed by atoms with Gasteiger partial charge < -0.3 is 4.74 Å². The van der Waals surface area contributed by atoms with Gasteiger partial charge in [0.1, 0.15) is 0 Å². The summed E-state index contributed by atoms with van der Waals surface area (Å²) in [7, 11) is 0. The van der Waals surface area contributed by atoms with Crippen LogP contribution in [0, 0.1) is 6.92 Å². The minimum absolute atomic E-state index is 0. The van der Waals surface area contributed by atoms with Crippen LogP contribution < -0.4 is 4.90 Å². The number of amides is 1. The van der Waals surface area contributed by atoms with Crippen LogP contribution in [0.2, 0.25) is 5.02 Å². The molecule has 0 radical (unpaired) electrons. The quantitative estimate of drug-likeness (QED) is 0.707. The number of hydrogen-bond acceptors (Lipinski definition) is 5. The number of aryl methyl sites for hydroxylation is 1. The molecule has 1 fully saturated rings. The van der Waals surface area contributed by atoms with Crippen molar-refractivity contribution in [3.8, 4) is 0 Å². The van der Waals surface area contributed by atoms with E-state index >= 15 is 0 Å². The van der Waals surface area contributed by atoms with Crippen molar-refractivity contribution in [2.24, 2.45) is 0 Å². The molecule has 2 heterocycles. The van der Waals surface area contributed by atoms with Gasteiger partial charge in [0.2, 0.25) is 5.91 Å². The van der Waals surface area contributed by atoms with Gasteiger partial charge in [-0.15, -0.1) is 12.4 Å². The molecule has 1 aliphatic heterocycles. The summed E-state index contributed by atoms with van der Waals surface area (Å²) in [6.45, 7) is 8.90. The molecule has 0 saturated carbocycles. The highest BCUT2D eigenvalue weighted by Crippen LogP contribution is 2.33. The number of aromatic nitrogens is 1. The highest BCUT2D eigenvalue weighted by atomic mass is 35.5. The Morgan fingerprint density at radius 1 is 1.38 bits per heavy atom. The van der Waals surface area contributed by atoms with Crippen molar-refractivity contribution in [3.05, 3.63) is 22.7 Å². The van der Waals surface area contributed by atoms with E-state index in [2.05, 4.69) is 4.90 Å². The summed E-state index contributed by atoms with van der Waals surface area (Å²) in [4.78, 5) is 21.6. The Hall–Kier alpha value is -0.920. The predicted octanol–water partition coefficient (Wildman–Crippen LogP) is 4.15. The second-order valence-electron chi connectivity index (χ2n) is 6.32. The zero-order valence-corrected chi connectivity index (χ0v) is 17.6. The van der Waals surface area contributed by atoms with Crippen LogP contribution >= 0.6 is 35.3 Å². The summed E-state index contributed by atoms with van der Waals surface area (Å²) < 4.78 is 6.42. The monoisotopic (exact) mass is 417 g/mol. The molecule has 0 unspecified atom stereocenters. The number of halogens is 2. The molecule has 144 valence electrons. The van der Waals surface area contributed by atoms with Crippen LogP contribution in [-0.4, -0.2) is 55.2 Å². The summed E-state index contributed by atoms with van der Waals surface area (Å²) in [6, 6.07) is 3.84. The molecule has 1 aliphatic rings. The third kappa shape index (κ3) is 5.08. The number of carbonyl (C=O) groups is 1. The van der Waals surface area contributed by atoms with Crippen LogP contribution in [-0.2, 0) is 9.53 Å². The first kappa shape index (κ1) is 21.4.